The highest BCUT2D eigenvalue weighted by molar-refractivity contribution is 6.00. The van der Waals surface area contributed by atoms with Gasteiger partial charge < -0.3 is 25.2 Å². The van der Waals surface area contributed by atoms with Crippen LogP contribution in [0.2, 0.25) is 0 Å². The number of phenols is 2. The van der Waals surface area contributed by atoms with Crippen LogP contribution in [0.3, 0.4) is 0 Å². The van der Waals surface area contributed by atoms with Crippen LogP contribution in [0.15, 0.2) is 41.4 Å². The summed E-state index contributed by atoms with van der Waals surface area (Å²) in [6, 6.07) is 11.4. The Kier molecular flexibility index (Phi) is 5.85. The number of para-hydroxylation sites is 2. The molecular weight excluding hydrogens is 420 g/mol. The van der Waals surface area contributed by atoms with E-state index < -0.39 is 0 Å². The monoisotopic (exact) mass is 450 g/mol. The zero-order valence-electron chi connectivity index (χ0n) is 18.8. The second-order valence-electron chi connectivity index (χ2n) is 9.02. The summed E-state index contributed by atoms with van der Waals surface area (Å²) < 4.78 is 5.48. The molecular formula is C25H30N4O4. The Bertz CT molecular complexity index is 1080. The minimum atomic E-state index is -0.0980. The van der Waals surface area contributed by atoms with Crippen molar-refractivity contribution in [3.05, 3.63) is 47.5 Å². The summed E-state index contributed by atoms with van der Waals surface area (Å²) in [5.41, 5.74) is 3.18. The number of hydrogen-bond donors (Lipinski definition) is 3. The zero-order chi connectivity index (χ0) is 22.9. The van der Waals surface area contributed by atoms with Gasteiger partial charge >= 0.3 is 0 Å². The number of nitrogens with one attached hydrogen (secondary N) is 1. The average Bonchev–Trinajstić information content (AvgIpc) is 3.23. The molecule has 0 unspecified atom stereocenters. The van der Waals surface area contributed by atoms with Gasteiger partial charge in [0.25, 0.3) is 0 Å². The molecule has 0 radical (unpaired) electrons. The Morgan fingerprint density at radius 1 is 1.15 bits per heavy atom. The summed E-state index contributed by atoms with van der Waals surface area (Å²) in [5.74, 6) is 1.52. The maximum atomic E-state index is 12.7. The van der Waals surface area contributed by atoms with Crippen molar-refractivity contribution in [1.29, 1.82) is 0 Å². The lowest BCUT2D eigenvalue weighted by atomic mass is 9.79. The molecule has 1 fully saturated rings. The van der Waals surface area contributed by atoms with Crippen molar-refractivity contribution in [2.75, 3.05) is 44.7 Å². The molecule has 8 heteroatoms. The third-order valence-corrected chi connectivity index (χ3v) is 6.99. The molecule has 2 atom stereocenters. The topological polar surface area (TPSA) is 97.6 Å². The van der Waals surface area contributed by atoms with Crippen LogP contribution in [0, 0.1) is 0 Å². The van der Waals surface area contributed by atoms with Gasteiger partial charge in [0.2, 0.25) is 5.91 Å². The van der Waals surface area contributed by atoms with E-state index in [0.717, 1.165) is 67.4 Å². The van der Waals surface area contributed by atoms with Crippen molar-refractivity contribution < 1.29 is 19.7 Å². The number of amides is 1. The number of rotatable bonds is 4. The third kappa shape index (κ3) is 4.35. The number of methoxy groups -OCH3 is 1. The third-order valence-electron chi connectivity index (χ3n) is 6.99. The van der Waals surface area contributed by atoms with Crippen molar-refractivity contribution in [2.45, 2.75) is 31.2 Å². The van der Waals surface area contributed by atoms with Crippen LogP contribution in [-0.4, -0.2) is 72.7 Å². The van der Waals surface area contributed by atoms with Crippen LogP contribution >= 0.6 is 0 Å². The van der Waals surface area contributed by atoms with Crippen LogP contribution in [0.25, 0.3) is 0 Å². The first-order chi connectivity index (χ1) is 16.0. The standard InChI is InChI=1S/C25H30N4O4/c1-33-23-5-3-2-4-20(23)29-10-8-28(9-11-29)15-25(32)27-24-14-18-17-13-22(31)21(30)12-16(17)6-7-19(18)26-24/h2-5,12-13,18-19,30-31H,6-11,14-15H2,1H3,(H,26,27,32)/t18-,19+/m0/s1. The van der Waals surface area contributed by atoms with Gasteiger partial charge in [-0.05, 0) is 48.2 Å². The number of phenolic OH excluding ortho intramolecular Hbond substituents is 2. The maximum absolute atomic E-state index is 12.7. The normalized spacial score (nSPS) is 22.3. The molecule has 2 aromatic carbocycles. The average molecular weight is 451 g/mol. The number of anilines is 1. The SMILES string of the molecule is COc1ccccc1N1CCN(CC(=O)NC2=N[C@@H]3CCc4cc(O)c(O)cc4[C@@H]3C2)CC1. The van der Waals surface area contributed by atoms with Crippen molar-refractivity contribution in [3.63, 3.8) is 0 Å². The maximum Gasteiger partial charge on any atom is 0.239 e. The second-order valence-corrected chi connectivity index (χ2v) is 9.02. The first-order valence-electron chi connectivity index (χ1n) is 11.5. The van der Waals surface area contributed by atoms with Crippen LogP contribution in [0.1, 0.15) is 29.9 Å². The van der Waals surface area contributed by atoms with E-state index in [2.05, 4.69) is 21.2 Å². The molecule has 3 N–H and O–H groups in total. The molecule has 0 aromatic heterocycles. The number of fused-ring (bicyclic) bond motifs is 3. The zero-order valence-corrected chi connectivity index (χ0v) is 18.8. The Morgan fingerprint density at radius 2 is 1.91 bits per heavy atom. The summed E-state index contributed by atoms with van der Waals surface area (Å²) in [6.45, 7) is 3.63. The van der Waals surface area contributed by atoms with Crippen molar-refractivity contribution in [3.8, 4) is 17.2 Å². The van der Waals surface area contributed by atoms with Gasteiger partial charge in [-0.1, -0.05) is 12.1 Å². The lowest BCUT2D eigenvalue weighted by Gasteiger charge is -2.36. The lowest BCUT2D eigenvalue weighted by Crippen LogP contribution is -2.50. The Hall–Kier alpha value is -3.26. The van der Waals surface area contributed by atoms with E-state index in [9.17, 15) is 15.0 Å². The summed E-state index contributed by atoms with van der Waals surface area (Å²) in [7, 11) is 1.69. The number of aryl methyl sites for hydroxylation is 1. The van der Waals surface area contributed by atoms with Gasteiger partial charge in [0.1, 0.15) is 11.6 Å². The van der Waals surface area contributed by atoms with Crippen LogP contribution in [0.5, 0.6) is 17.2 Å². The Balaban J connectivity index is 1.15. The van der Waals surface area contributed by atoms with E-state index in [1.807, 2.05) is 18.2 Å². The van der Waals surface area contributed by atoms with E-state index in [1.165, 1.54) is 0 Å². The number of amidine groups is 1. The smallest absolute Gasteiger partial charge is 0.239 e. The van der Waals surface area contributed by atoms with Crippen molar-refractivity contribution in [1.82, 2.24) is 10.2 Å². The van der Waals surface area contributed by atoms with Gasteiger partial charge in [0.15, 0.2) is 11.5 Å². The molecule has 33 heavy (non-hydrogen) atoms. The molecule has 8 nitrogen and oxygen atoms in total. The largest absolute Gasteiger partial charge is 0.504 e. The van der Waals surface area contributed by atoms with Crippen LogP contribution in [-0.2, 0) is 11.2 Å². The number of carbonyl (C=O) groups is 1. The Morgan fingerprint density at radius 3 is 2.70 bits per heavy atom. The number of piperazine rings is 1. The number of benzene rings is 2. The fourth-order valence-electron chi connectivity index (χ4n) is 5.30. The quantitative estimate of drug-likeness (QED) is 0.618. The van der Waals surface area contributed by atoms with Gasteiger partial charge in [-0.15, -0.1) is 0 Å². The number of aliphatic imine (C=N–C) groups is 1. The van der Waals surface area contributed by atoms with Gasteiger partial charge in [-0.2, -0.15) is 0 Å². The molecule has 1 saturated heterocycles. The van der Waals surface area contributed by atoms with E-state index in [-0.39, 0.29) is 29.4 Å². The molecule has 2 heterocycles. The van der Waals surface area contributed by atoms with Crippen LogP contribution < -0.4 is 15.0 Å². The molecule has 3 aliphatic rings. The van der Waals surface area contributed by atoms with E-state index in [1.54, 1.807) is 19.2 Å². The van der Waals surface area contributed by atoms with Gasteiger partial charge in [0.05, 0.1) is 25.4 Å². The number of aromatic hydroxyl groups is 2. The lowest BCUT2D eigenvalue weighted by molar-refractivity contribution is -0.120. The van der Waals surface area contributed by atoms with E-state index in [4.69, 9.17) is 9.73 Å². The fourth-order valence-corrected chi connectivity index (χ4v) is 5.30. The molecule has 0 spiro atoms. The predicted octanol–water partition coefficient (Wildman–Crippen LogP) is 2.25. The van der Waals surface area contributed by atoms with Crippen LogP contribution in [0.4, 0.5) is 5.69 Å². The highest BCUT2D eigenvalue weighted by Crippen LogP contribution is 2.43. The Labute approximate surface area is 193 Å². The summed E-state index contributed by atoms with van der Waals surface area (Å²) >= 11 is 0. The minimum Gasteiger partial charge on any atom is -0.504 e. The van der Waals surface area contributed by atoms with Gasteiger partial charge in [0, 0.05) is 38.5 Å². The first-order valence-corrected chi connectivity index (χ1v) is 11.5. The molecule has 2 aromatic rings. The number of hydrogen-bond acceptors (Lipinski definition) is 7. The fraction of sp³-hybridized carbons (Fsp3) is 0.440. The van der Waals surface area contributed by atoms with Crippen molar-refractivity contribution in [2.24, 2.45) is 4.99 Å². The molecule has 0 saturated carbocycles. The second kappa shape index (κ2) is 8.94. The highest BCUT2D eigenvalue weighted by Gasteiger charge is 2.36. The van der Waals surface area contributed by atoms with Gasteiger partial charge in [-0.3, -0.25) is 14.7 Å². The molecule has 174 valence electrons. The summed E-state index contributed by atoms with van der Waals surface area (Å²) in [6.07, 6.45) is 2.34. The molecule has 1 aliphatic carbocycles. The van der Waals surface area contributed by atoms with Crippen molar-refractivity contribution >= 4 is 17.4 Å². The number of carbonyl (C=O) groups excluding carboxylic acids is 1. The van der Waals surface area contributed by atoms with E-state index >= 15 is 0 Å². The van der Waals surface area contributed by atoms with Gasteiger partial charge in [-0.25, -0.2) is 0 Å². The first kappa shape index (κ1) is 21.6. The molecule has 1 amide bonds. The van der Waals surface area contributed by atoms with E-state index in [0.29, 0.717) is 13.0 Å². The summed E-state index contributed by atoms with van der Waals surface area (Å²) in [4.78, 5) is 22.0. The molecule has 0 bridgehead atoms. The highest BCUT2D eigenvalue weighted by atomic mass is 16.5. The molecule has 2 aliphatic heterocycles. The number of nitrogens with zero attached hydrogens (tertiary/aromatic N) is 3. The molecule has 5 rings (SSSR count). The summed E-state index contributed by atoms with van der Waals surface area (Å²) in [5, 5.41) is 22.8. The number of ether oxygens (including phenoxy) is 1. The minimum absolute atomic E-state index is 0.0353. The predicted molar refractivity (Wildman–Crippen MR) is 126 cm³/mol.